The molecule has 0 atom stereocenters. The average Bonchev–Trinajstić information content (AvgIpc) is 2.65. The molecule has 2 rings (SSSR count). The molecular weight excluding hydrogens is 205 g/mol. The van der Waals surface area contributed by atoms with E-state index in [2.05, 4.69) is 0 Å². The van der Waals surface area contributed by atoms with E-state index in [1.165, 1.54) is 13.2 Å². The minimum atomic E-state index is -0.405. The maximum atomic E-state index is 13.8. The van der Waals surface area contributed by atoms with Crippen molar-refractivity contribution in [1.29, 1.82) is 0 Å². The Morgan fingerprint density at radius 2 is 1.94 bits per heavy atom. The van der Waals surface area contributed by atoms with Gasteiger partial charge in [-0.1, -0.05) is 18.9 Å². The number of ether oxygens (including phenoxy) is 1. The Labute approximate surface area is 95.6 Å². The van der Waals surface area contributed by atoms with E-state index in [9.17, 15) is 4.39 Å². The maximum Gasteiger partial charge on any atom is 0.165 e. The van der Waals surface area contributed by atoms with Crippen molar-refractivity contribution in [2.24, 2.45) is 5.73 Å². The summed E-state index contributed by atoms with van der Waals surface area (Å²) in [6.45, 7) is 1.88. The average molecular weight is 223 g/mol. The third-order valence-electron chi connectivity index (χ3n) is 3.42. The summed E-state index contributed by atoms with van der Waals surface area (Å²) in [6, 6.07) is 3.44. The molecule has 1 aromatic carbocycles. The minimum absolute atomic E-state index is 0.311. The molecule has 2 N–H and O–H groups in total. The smallest absolute Gasteiger partial charge is 0.165 e. The van der Waals surface area contributed by atoms with Crippen molar-refractivity contribution in [2.75, 3.05) is 7.11 Å². The van der Waals surface area contributed by atoms with Crippen LogP contribution in [-0.2, 0) is 5.54 Å². The second-order valence-electron chi connectivity index (χ2n) is 4.69. The zero-order chi connectivity index (χ0) is 11.8. The highest BCUT2D eigenvalue weighted by Crippen LogP contribution is 2.41. The van der Waals surface area contributed by atoms with Gasteiger partial charge in [-0.05, 0) is 31.4 Å². The molecule has 0 unspecified atom stereocenters. The summed E-state index contributed by atoms with van der Waals surface area (Å²) in [4.78, 5) is 0. The number of nitrogens with two attached hydrogens (primary N) is 1. The standard InChI is InChI=1S/C13H18FNO/c1-9-7-10(12(16-2)11(14)8-9)13(15)5-3-4-6-13/h7-8H,3-6,15H2,1-2H3. The zero-order valence-corrected chi connectivity index (χ0v) is 9.85. The first-order valence-corrected chi connectivity index (χ1v) is 5.70. The van der Waals surface area contributed by atoms with E-state index in [4.69, 9.17) is 10.5 Å². The fourth-order valence-corrected chi connectivity index (χ4v) is 2.58. The normalized spacial score (nSPS) is 18.8. The summed E-state index contributed by atoms with van der Waals surface area (Å²) >= 11 is 0. The lowest BCUT2D eigenvalue weighted by molar-refractivity contribution is 0.356. The van der Waals surface area contributed by atoms with Crippen LogP contribution in [0.15, 0.2) is 12.1 Å². The molecule has 0 saturated heterocycles. The first-order chi connectivity index (χ1) is 7.57. The van der Waals surface area contributed by atoms with E-state index in [0.717, 1.165) is 36.8 Å². The van der Waals surface area contributed by atoms with Crippen molar-refractivity contribution < 1.29 is 9.13 Å². The predicted molar refractivity (Wildman–Crippen MR) is 62.0 cm³/mol. The summed E-state index contributed by atoms with van der Waals surface area (Å²) in [5.74, 6) is 0.00391. The summed E-state index contributed by atoms with van der Waals surface area (Å²) in [6.07, 6.45) is 4.03. The second-order valence-corrected chi connectivity index (χ2v) is 4.69. The highest BCUT2D eigenvalue weighted by Gasteiger charge is 2.34. The Morgan fingerprint density at radius 3 is 2.50 bits per heavy atom. The Kier molecular flexibility index (Phi) is 2.89. The molecule has 1 aliphatic carbocycles. The number of aryl methyl sites for hydroxylation is 1. The van der Waals surface area contributed by atoms with Crippen LogP contribution in [0, 0.1) is 12.7 Å². The summed E-state index contributed by atoms with van der Waals surface area (Å²) < 4.78 is 18.9. The molecule has 88 valence electrons. The highest BCUT2D eigenvalue weighted by atomic mass is 19.1. The third kappa shape index (κ3) is 1.80. The second kappa shape index (κ2) is 4.06. The molecule has 0 amide bonds. The number of hydrogen-bond donors (Lipinski definition) is 1. The van der Waals surface area contributed by atoms with Crippen LogP contribution in [0.5, 0.6) is 5.75 Å². The molecule has 0 aliphatic heterocycles. The van der Waals surface area contributed by atoms with Gasteiger partial charge in [0, 0.05) is 11.1 Å². The van der Waals surface area contributed by atoms with Crippen molar-refractivity contribution >= 4 is 0 Å². The maximum absolute atomic E-state index is 13.8. The fraction of sp³-hybridized carbons (Fsp3) is 0.538. The molecule has 1 aromatic rings. The zero-order valence-electron chi connectivity index (χ0n) is 9.85. The number of halogens is 1. The monoisotopic (exact) mass is 223 g/mol. The van der Waals surface area contributed by atoms with Gasteiger partial charge in [0.25, 0.3) is 0 Å². The first-order valence-electron chi connectivity index (χ1n) is 5.70. The lowest BCUT2D eigenvalue weighted by atomic mass is 9.87. The molecule has 1 aliphatic rings. The molecule has 0 spiro atoms. The topological polar surface area (TPSA) is 35.2 Å². The van der Waals surface area contributed by atoms with Gasteiger partial charge < -0.3 is 10.5 Å². The van der Waals surface area contributed by atoms with Crippen LogP contribution in [0.1, 0.15) is 36.8 Å². The molecule has 0 heterocycles. The van der Waals surface area contributed by atoms with Gasteiger partial charge >= 0.3 is 0 Å². The predicted octanol–water partition coefficient (Wildman–Crippen LogP) is 2.87. The van der Waals surface area contributed by atoms with Gasteiger partial charge in [0.2, 0.25) is 0 Å². The molecule has 0 aromatic heterocycles. The van der Waals surface area contributed by atoms with Crippen LogP contribution in [0.3, 0.4) is 0 Å². The van der Waals surface area contributed by atoms with Gasteiger partial charge in [0.15, 0.2) is 11.6 Å². The van der Waals surface area contributed by atoms with Crippen LogP contribution >= 0.6 is 0 Å². The van der Waals surface area contributed by atoms with Crippen LogP contribution < -0.4 is 10.5 Å². The Bertz CT molecular complexity index is 397. The molecule has 2 nitrogen and oxygen atoms in total. The number of rotatable bonds is 2. The van der Waals surface area contributed by atoms with Crippen LogP contribution in [0.4, 0.5) is 4.39 Å². The minimum Gasteiger partial charge on any atom is -0.493 e. The third-order valence-corrected chi connectivity index (χ3v) is 3.42. The summed E-state index contributed by atoms with van der Waals surface area (Å²) in [5.41, 5.74) is 7.66. The van der Waals surface area contributed by atoms with Crippen LogP contribution in [0.2, 0.25) is 0 Å². The Morgan fingerprint density at radius 1 is 1.31 bits per heavy atom. The quantitative estimate of drug-likeness (QED) is 0.836. The highest BCUT2D eigenvalue weighted by molar-refractivity contribution is 5.43. The van der Waals surface area contributed by atoms with Crippen molar-refractivity contribution in [2.45, 2.75) is 38.1 Å². The molecule has 0 radical (unpaired) electrons. The van der Waals surface area contributed by atoms with Crippen molar-refractivity contribution in [1.82, 2.24) is 0 Å². The van der Waals surface area contributed by atoms with E-state index in [1.807, 2.05) is 13.0 Å². The summed E-state index contributed by atoms with van der Waals surface area (Å²) in [5, 5.41) is 0. The molecule has 0 bridgehead atoms. The van der Waals surface area contributed by atoms with E-state index >= 15 is 0 Å². The lowest BCUT2D eigenvalue weighted by Gasteiger charge is -2.26. The largest absolute Gasteiger partial charge is 0.493 e. The first kappa shape index (κ1) is 11.4. The van der Waals surface area contributed by atoms with Gasteiger partial charge in [-0.25, -0.2) is 4.39 Å². The number of hydrogen-bond acceptors (Lipinski definition) is 2. The molecule has 16 heavy (non-hydrogen) atoms. The number of methoxy groups -OCH3 is 1. The van der Waals surface area contributed by atoms with Gasteiger partial charge in [-0.2, -0.15) is 0 Å². The molecule has 1 saturated carbocycles. The van der Waals surface area contributed by atoms with Gasteiger partial charge in [-0.15, -0.1) is 0 Å². The fourth-order valence-electron chi connectivity index (χ4n) is 2.58. The van der Waals surface area contributed by atoms with Crippen LogP contribution in [0.25, 0.3) is 0 Å². The molecule has 1 fully saturated rings. The number of benzene rings is 1. The molecular formula is C13H18FNO. The van der Waals surface area contributed by atoms with Crippen LogP contribution in [-0.4, -0.2) is 7.11 Å². The van der Waals surface area contributed by atoms with E-state index < -0.39 is 5.54 Å². The van der Waals surface area contributed by atoms with Crippen molar-refractivity contribution in [3.8, 4) is 5.75 Å². The van der Waals surface area contributed by atoms with E-state index in [-0.39, 0.29) is 5.82 Å². The van der Waals surface area contributed by atoms with Crippen molar-refractivity contribution in [3.63, 3.8) is 0 Å². The SMILES string of the molecule is COc1c(F)cc(C)cc1C1(N)CCCC1. The van der Waals surface area contributed by atoms with Crippen molar-refractivity contribution in [3.05, 3.63) is 29.1 Å². The van der Waals surface area contributed by atoms with E-state index in [1.54, 1.807) is 0 Å². The van der Waals surface area contributed by atoms with E-state index in [0.29, 0.717) is 5.75 Å². The van der Waals surface area contributed by atoms with Gasteiger partial charge in [-0.3, -0.25) is 0 Å². The summed E-state index contributed by atoms with van der Waals surface area (Å²) in [7, 11) is 1.50. The van der Waals surface area contributed by atoms with Gasteiger partial charge in [0.05, 0.1) is 7.11 Å². The Hall–Kier alpha value is -1.09. The molecule has 3 heteroatoms. The van der Waals surface area contributed by atoms with Gasteiger partial charge in [0.1, 0.15) is 0 Å². The lowest BCUT2D eigenvalue weighted by Crippen LogP contribution is -2.33. The Balaban J connectivity index is 2.53.